The molecular weight excluding hydrogens is 781 g/mol. The van der Waals surface area contributed by atoms with E-state index in [4.69, 9.17) is 9.47 Å². The molecule has 0 aromatic heterocycles. The molecule has 12 rings (SSSR count). The topological polar surface area (TPSA) is 28.2 Å². The van der Waals surface area contributed by atoms with E-state index in [-0.39, 0.29) is 6.71 Å². The van der Waals surface area contributed by atoms with E-state index in [0.29, 0.717) is 0 Å². The second-order valence-corrected chi connectivity index (χ2v) is 16.2. The summed E-state index contributed by atoms with van der Waals surface area (Å²) >= 11 is 0. The van der Waals surface area contributed by atoms with Gasteiger partial charge in [0.05, 0.1) is 5.69 Å². The van der Waals surface area contributed by atoms with Crippen LogP contribution in [0.2, 0.25) is 0 Å². The molecule has 0 aliphatic carbocycles. The lowest BCUT2D eigenvalue weighted by molar-refractivity contribution is 0.465. The lowest BCUT2D eigenvalue weighted by Gasteiger charge is -2.36. The summed E-state index contributed by atoms with van der Waals surface area (Å²) in [5.74, 6) is 3.14. The number of fused-ring (bicyclic) bond motifs is 5. The first-order chi connectivity index (χ1) is 31.7. The fraction of sp³-hybridized carbons (Fsp3) is 0. The van der Waals surface area contributed by atoms with Crippen LogP contribution in [0.4, 0.5) is 51.2 Å². The van der Waals surface area contributed by atoms with Crippen molar-refractivity contribution in [3.63, 3.8) is 0 Å². The average molecular weight is 822 g/mol. The summed E-state index contributed by atoms with van der Waals surface area (Å²) < 4.78 is 14.3. The summed E-state index contributed by atoms with van der Waals surface area (Å²) in [5, 5.41) is 2.35. The molecule has 0 bridgehead atoms. The van der Waals surface area contributed by atoms with Crippen LogP contribution in [0.15, 0.2) is 243 Å². The lowest BCUT2D eigenvalue weighted by Crippen LogP contribution is -2.57. The van der Waals surface area contributed by atoms with Gasteiger partial charge in [0.15, 0.2) is 0 Å². The number of para-hydroxylation sites is 5. The van der Waals surface area contributed by atoms with Gasteiger partial charge in [-0.25, -0.2) is 0 Å². The third-order valence-corrected chi connectivity index (χ3v) is 12.3. The Bertz CT molecular complexity index is 3060. The molecule has 2 aliphatic heterocycles. The van der Waals surface area contributed by atoms with Gasteiger partial charge in [-0.1, -0.05) is 133 Å². The predicted molar refractivity (Wildman–Crippen MR) is 266 cm³/mol. The fourth-order valence-corrected chi connectivity index (χ4v) is 9.41. The minimum atomic E-state index is -0.149. The highest BCUT2D eigenvalue weighted by atomic mass is 16.5. The largest absolute Gasteiger partial charge is 0.458 e. The standard InChI is InChI=1S/C58H40BN3O2/c1-6-20-43(21-7-1)60(44-22-8-2-9-23-44)49-32-34-52-54(37-49)63-56-39-51(62(47-28-14-5-15-29-47)48-31-30-41-18-16-17-19-42(41)36-48)40-57-58(56)59(52)53-35-33-50(38-55(53)64-57)61(45-24-10-3-11-25-45)46-26-12-4-13-27-46/h1-40H. The minimum absolute atomic E-state index is 0.149. The number of nitrogens with zero attached hydrogens (tertiary/aromatic N) is 3. The molecule has 0 N–H and O–H groups in total. The quantitative estimate of drug-likeness (QED) is 0.135. The van der Waals surface area contributed by atoms with Gasteiger partial charge in [-0.05, 0) is 107 Å². The fourth-order valence-electron chi connectivity index (χ4n) is 9.41. The van der Waals surface area contributed by atoms with Crippen LogP contribution in [0.3, 0.4) is 0 Å². The summed E-state index contributed by atoms with van der Waals surface area (Å²) in [4.78, 5) is 6.86. The Hall–Kier alpha value is -8.48. The summed E-state index contributed by atoms with van der Waals surface area (Å²) in [5.41, 5.74) is 12.4. The van der Waals surface area contributed by atoms with Crippen LogP contribution in [0.5, 0.6) is 23.0 Å². The van der Waals surface area contributed by atoms with Crippen molar-refractivity contribution in [2.75, 3.05) is 14.7 Å². The Morgan fingerprint density at radius 1 is 0.250 bits per heavy atom. The molecule has 10 aromatic carbocycles. The highest BCUT2D eigenvalue weighted by Crippen LogP contribution is 2.45. The number of benzene rings is 10. The van der Waals surface area contributed by atoms with Crippen molar-refractivity contribution in [1.29, 1.82) is 0 Å². The second-order valence-electron chi connectivity index (χ2n) is 16.2. The molecule has 6 heteroatoms. The molecule has 2 heterocycles. The lowest BCUT2D eigenvalue weighted by atomic mass is 9.35. The molecule has 2 aliphatic rings. The molecule has 5 nitrogen and oxygen atoms in total. The van der Waals surface area contributed by atoms with E-state index < -0.39 is 0 Å². The van der Waals surface area contributed by atoms with E-state index in [0.717, 1.165) is 90.6 Å². The number of hydrogen-bond donors (Lipinski definition) is 0. The first-order valence-electron chi connectivity index (χ1n) is 21.7. The van der Waals surface area contributed by atoms with Crippen molar-refractivity contribution in [3.8, 4) is 23.0 Å². The Kier molecular flexibility index (Phi) is 9.19. The van der Waals surface area contributed by atoms with E-state index in [2.05, 4.69) is 257 Å². The number of ether oxygens (including phenoxy) is 2. The third-order valence-electron chi connectivity index (χ3n) is 12.3. The Morgan fingerprint density at radius 2 is 0.578 bits per heavy atom. The second kappa shape index (κ2) is 15.8. The van der Waals surface area contributed by atoms with Gasteiger partial charge in [-0.3, -0.25) is 0 Å². The van der Waals surface area contributed by atoms with Crippen LogP contribution in [0.1, 0.15) is 0 Å². The first kappa shape index (κ1) is 37.3. The third kappa shape index (κ3) is 6.60. The molecule has 10 aromatic rings. The highest BCUT2D eigenvalue weighted by Gasteiger charge is 2.41. The molecule has 0 atom stereocenters. The smallest absolute Gasteiger partial charge is 0.260 e. The molecule has 0 fully saturated rings. The van der Waals surface area contributed by atoms with Crippen molar-refractivity contribution < 1.29 is 9.47 Å². The first-order valence-corrected chi connectivity index (χ1v) is 21.7. The maximum absolute atomic E-state index is 7.17. The average Bonchev–Trinajstić information content (AvgIpc) is 3.35. The molecule has 0 saturated carbocycles. The minimum Gasteiger partial charge on any atom is -0.458 e. The van der Waals surface area contributed by atoms with Gasteiger partial charge in [0, 0.05) is 75.2 Å². The summed E-state index contributed by atoms with van der Waals surface area (Å²) in [6.07, 6.45) is 0. The number of anilines is 9. The molecule has 0 spiro atoms. The molecule has 64 heavy (non-hydrogen) atoms. The van der Waals surface area contributed by atoms with Gasteiger partial charge >= 0.3 is 0 Å². The van der Waals surface area contributed by atoms with Crippen LogP contribution in [0.25, 0.3) is 10.8 Å². The molecular formula is C58H40BN3O2. The van der Waals surface area contributed by atoms with Gasteiger partial charge in [-0.15, -0.1) is 0 Å². The Labute approximate surface area is 373 Å². The van der Waals surface area contributed by atoms with Crippen molar-refractivity contribution in [1.82, 2.24) is 0 Å². The molecule has 0 amide bonds. The summed E-state index contributed by atoms with van der Waals surface area (Å²) in [6, 6.07) is 85.4. The zero-order valence-corrected chi connectivity index (χ0v) is 34.8. The van der Waals surface area contributed by atoms with Gasteiger partial charge in [0.2, 0.25) is 0 Å². The summed E-state index contributed by atoms with van der Waals surface area (Å²) in [7, 11) is 0. The number of rotatable bonds is 9. The Morgan fingerprint density at radius 3 is 1.00 bits per heavy atom. The van der Waals surface area contributed by atoms with Crippen molar-refractivity contribution in [3.05, 3.63) is 243 Å². The van der Waals surface area contributed by atoms with E-state index >= 15 is 0 Å². The summed E-state index contributed by atoms with van der Waals surface area (Å²) in [6.45, 7) is -0.149. The Balaban J connectivity index is 1.06. The van der Waals surface area contributed by atoms with Gasteiger partial charge < -0.3 is 24.2 Å². The number of hydrogen-bond acceptors (Lipinski definition) is 5. The highest BCUT2D eigenvalue weighted by molar-refractivity contribution is 6.98. The van der Waals surface area contributed by atoms with Gasteiger partial charge in [-0.2, -0.15) is 0 Å². The normalized spacial score (nSPS) is 12.0. The van der Waals surface area contributed by atoms with Crippen LogP contribution in [-0.2, 0) is 0 Å². The van der Waals surface area contributed by atoms with Crippen LogP contribution < -0.4 is 40.6 Å². The van der Waals surface area contributed by atoms with E-state index in [1.165, 1.54) is 10.8 Å². The van der Waals surface area contributed by atoms with Crippen molar-refractivity contribution in [2.24, 2.45) is 0 Å². The van der Waals surface area contributed by atoms with E-state index in [1.807, 2.05) is 0 Å². The zero-order chi connectivity index (χ0) is 42.4. The molecule has 302 valence electrons. The van der Waals surface area contributed by atoms with Crippen molar-refractivity contribution in [2.45, 2.75) is 0 Å². The predicted octanol–water partition coefficient (Wildman–Crippen LogP) is 14.0. The zero-order valence-electron chi connectivity index (χ0n) is 34.8. The molecule has 0 radical (unpaired) electrons. The maximum atomic E-state index is 7.17. The van der Waals surface area contributed by atoms with Gasteiger partial charge in [0.1, 0.15) is 23.0 Å². The van der Waals surface area contributed by atoms with Crippen LogP contribution in [-0.4, -0.2) is 6.71 Å². The van der Waals surface area contributed by atoms with Crippen LogP contribution in [0, 0.1) is 0 Å². The maximum Gasteiger partial charge on any atom is 0.260 e. The van der Waals surface area contributed by atoms with Crippen LogP contribution >= 0.6 is 0 Å². The molecule has 0 unspecified atom stereocenters. The van der Waals surface area contributed by atoms with E-state index in [1.54, 1.807) is 0 Å². The molecule has 0 saturated heterocycles. The van der Waals surface area contributed by atoms with Crippen molar-refractivity contribution >= 4 is 85.1 Å². The monoisotopic (exact) mass is 821 g/mol. The van der Waals surface area contributed by atoms with E-state index in [9.17, 15) is 0 Å². The van der Waals surface area contributed by atoms with Gasteiger partial charge in [0.25, 0.3) is 6.71 Å². The SMILES string of the molecule is c1ccc(N(c2ccccc2)c2ccc3c(c2)Oc2cc(N(c4ccccc4)c4ccc5ccccc5c4)cc4c2B3c2ccc(N(c3ccccc3)c3ccccc3)cc2O4)cc1.